The lowest BCUT2D eigenvalue weighted by atomic mass is 10.3. The first-order chi connectivity index (χ1) is 19.2. The van der Waals surface area contributed by atoms with Crippen molar-refractivity contribution < 1.29 is 52.1 Å². The monoisotopic (exact) mass is 583 g/mol. The van der Waals surface area contributed by atoms with Crippen molar-refractivity contribution in [1.82, 2.24) is 0 Å². The lowest BCUT2D eigenvalue weighted by Crippen LogP contribution is -2.21. The van der Waals surface area contributed by atoms with E-state index in [1.54, 1.807) is 32.4 Å². The van der Waals surface area contributed by atoms with Crippen molar-refractivity contribution in [2.75, 3.05) is 132 Å². The van der Waals surface area contributed by atoms with Crippen LogP contribution in [0.4, 0.5) is 5.69 Å². The number of ether oxygens (including phenoxy) is 11. The fourth-order valence-corrected chi connectivity index (χ4v) is 3.07. The molecule has 2 N–H and O–H groups in total. The van der Waals surface area contributed by atoms with Crippen LogP contribution < -0.4 is 10.5 Å². The minimum Gasteiger partial charge on any atom is -0.491 e. The molecule has 39 heavy (non-hydrogen) atoms. The predicted octanol–water partition coefficient (Wildman–Crippen LogP) is 2.05. The van der Waals surface area contributed by atoms with Gasteiger partial charge >= 0.3 is 0 Å². The molecule has 0 saturated heterocycles. The summed E-state index contributed by atoms with van der Waals surface area (Å²) in [5.41, 5.74) is 6.27. The molecule has 1 aromatic rings. The molecule has 12 nitrogen and oxygen atoms in total. The van der Waals surface area contributed by atoms with Crippen molar-refractivity contribution in [2.24, 2.45) is 0 Å². The zero-order chi connectivity index (χ0) is 28.2. The molecule has 0 radical (unpaired) electrons. The first-order valence-electron chi connectivity index (χ1n) is 13.0. The largest absolute Gasteiger partial charge is 0.491 e. The Hall–Kier alpha value is -1.29. The van der Waals surface area contributed by atoms with Crippen LogP contribution in [-0.2, 0) is 47.4 Å². The van der Waals surface area contributed by atoms with E-state index in [1.165, 1.54) is 0 Å². The number of hydrogen-bond donors (Lipinski definition) is 1. The van der Waals surface area contributed by atoms with Gasteiger partial charge in [0.25, 0.3) is 0 Å². The summed E-state index contributed by atoms with van der Waals surface area (Å²) >= 11 is 5.93. The third kappa shape index (κ3) is 23.1. The van der Waals surface area contributed by atoms with Crippen LogP contribution in [0.1, 0.15) is 0 Å². The van der Waals surface area contributed by atoms with E-state index in [0.29, 0.717) is 129 Å². The summed E-state index contributed by atoms with van der Waals surface area (Å²) in [6, 6.07) is 5.09. The molecule has 0 spiro atoms. The Labute approximate surface area is 237 Å². The molecule has 0 atom stereocenters. The van der Waals surface area contributed by atoms with E-state index in [4.69, 9.17) is 69.4 Å². The number of rotatable bonds is 29. The lowest BCUT2D eigenvalue weighted by Gasteiger charge is -2.13. The van der Waals surface area contributed by atoms with Gasteiger partial charge in [-0.1, -0.05) is 11.6 Å². The van der Waals surface area contributed by atoms with Crippen LogP contribution in [-0.4, -0.2) is 133 Å². The maximum Gasteiger partial charge on any atom is 0.180 e. The van der Waals surface area contributed by atoms with Gasteiger partial charge in [0.15, 0.2) is 6.29 Å². The number of nitrogens with two attached hydrogens (primary N) is 1. The highest BCUT2D eigenvalue weighted by molar-refractivity contribution is 6.31. The van der Waals surface area contributed by atoms with Crippen molar-refractivity contribution in [2.45, 2.75) is 6.29 Å². The van der Waals surface area contributed by atoms with Crippen LogP contribution in [0.3, 0.4) is 0 Å². The molecule has 1 aromatic carbocycles. The topological polar surface area (TPSA) is 128 Å². The minimum atomic E-state index is -0.351. The van der Waals surface area contributed by atoms with E-state index in [1.807, 2.05) is 0 Å². The second-order valence-electron chi connectivity index (χ2n) is 7.83. The minimum absolute atomic E-state index is 0.351. The highest BCUT2D eigenvalue weighted by atomic mass is 35.5. The van der Waals surface area contributed by atoms with Crippen LogP contribution in [0, 0.1) is 0 Å². The number of halogens is 1. The summed E-state index contributed by atoms with van der Waals surface area (Å²) in [5, 5.41) is 0.539. The van der Waals surface area contributed by atoms with Crippen LogP contribution in [0.2, 0.25) is 5.02 Å². The zero-order valence-corrected chi connectivity index (χ0v) is 24.0. The van der Waals surface area contributed by atoms with Gasteiger partial charge in [0.05, 0.1) is 106 Å². The Morgan fingerprint density at radius 3 is 1.26 bits per heavy atom. The van der Waals surface area contributed by atoms with Crippen LogP contribution in [0.15, 0.2) is 18.2 Å². The van der Waals surface area contributed by atoms with Crippen molar-refractivity contribution in [1.29, 1.82) is 0 Å². The first kappa shape index (κ1) is 35.7. The summed E-state index contributed by atoms with van der Waals surface area (Å²) < 4.78 is 59.1. The first-order valence-corrected chi connectivity index (χ1v) is 13.4. The SMILES string of the molecule is COC(COCCOCCOCCOCCOCCOCCOCCOCCOc1cc(N)cc(Cl)c1)OC. The quantitative estimate of drug-likeness (QED) is 0.0842. The molecule has 0 aromatic heterocycles. The fourth-order valence-electron chi connectivity index (χ4n) is 2.84. The van der Waals surface area contributed by atoms with Gasteiger partial charge in [0.2, 0.25) is 0 Å². The molecule has 13 heteroatoms. The summed E-state index contributed by atoms with van der Waals surface area (Å²) in [4.78, 5) is 0. The summed E-state index contributed by atoms with van der Waals surface area (Å²) in [5.74, 6) is 0.621. The number of methoxy groups -OCH3 is 2. The molecule has 0 heterocycles. The molecule has 0 saturated carbocycles. The van der Waals surface area contributed by atoms with Crippen LogP contribution >= 0.6 is 11.6 Å². The standard InChI is InChI=1S/C26H46ClNO11/c1-29-26(30-2)22-38-16-15-36-12-11-34-8-7-32-4-3-31-5-6-33-9-10-35-13-14-37-17-18-39-25-20-23(27)19-24(28)21-25/h19-21,26H,3-18,22,28H2,1-2H3. The Morgan fingerprint density at radius 2 is 0.897 bits per heavy atom. The second kappa shape index (κ2) is 26.9. The van der Waals surface area contributed by atoms with E-state index in [-0.39, 0.29) is 6.29 Å². The Balaban J connectivity index is 1.69. The molecule has 0 unspecified atom stereocenters. The average molecular weight is 584 g/mol. The van der Waals surface area contributed by atoms with Gasteiger partial charge in [0, 0.05) is 31.0 Å². The van der Waals surface area contributed by atoms with E-state index in [0.717, 1.165) is 0 Å². The smallest absolute Gasteiger partial charge is 0.180 e. The Morgan fingerprint density at radius 1 is 0.538 bits per heavy atom. The molecule has 1 rings (SSSR count). The highest BCUT2D eigenvalue weighted by Gasteiger charge is 2.04. The lowest BCUT2D eigenvalue weighted by molar-refractivity contribution is -0.143. The molecule has 0 fully saturated rings. The van der Waals surface area contributed by atoms with Crippen molar-refractivity contribution in [3.63, 3.8) is 0 Å². The molecular weight excluding hydrogens is 538 g/mol. The van der Waals surface area contributed by atoms with Crippen molar-refractivity contribution in [3.8, 4) is 5.75 Å². The third-order valence-electron chi connectivity index (χ3n) is 4.77. The molecular formula is C26H46ClNO11. The highest BCUT2D eigenvalue weighted by Crippen LogP contribution is 2.22. The normalized spacial score (nSPS) is 11.5. The van der Waals surface area contributed by atoms with Gasteiger partial charge in [-0.25, -0.2) is 0 Å². The summed E-state index contributed by atoms with van der Waals surface area (Å²) in [7, 11) is 3.14. The van der Waals surface area contributed by atoms with Gasteiger partial charge in [-0.05, 0) is 12.1 Å². The number of nitrogen functional groups attached to an aromatic ring is 1. The maximum atomic E-state index is 5.93. The van der Waals surface area contributed by atoms with Crippen LogP contribution in [0.25, 0.3) is 0 Å². The number of benzene rings is 1. The summed E-state index contributed by atoms with van der Waals surface area (Å²) in [6.07, 6.45) is -0.351. The molecule has 0 aliphatic rings. The van der Waals surface area contributed by atoms with Gasteiger partial charge in [-0.15, -0.1) is 0 Å². The average Bonchev–Trinajstić information content (AvgIpc) is 2.92. The molecule has 0 aliphatic heterocycles. The molecule has 0 aliphatic carbocycles. The van der Waals surface area contributed by atoms with Gasteiger partial charge in [0.1, 0.15) is 12.4 Å². The zero-order valence-electron chi connectivity index (χ0n) is 23.3. The van der Waals surface area contributed by atoms with Crippen molar-refractivity contribution >= 4 is 17.3 Å². The summed E-state index contributed by atoms with van der Waals surface area (Å²) in [6.45, 7) is 8.14. The van der Waals surface area contributed by atoms with Gasteiger partial charge in [-0.3, -0.25) is 0 Å². The predicted molar refractivity (Wildman–Crippen MR) is 146 cm³/mol. The Bertz CT molecular complexity index is 651. The number of anilines is 1. The molecule has 228 valence electrons. The van der Waals surface area contributed by atoms with Crippen molar-refractivity contribution in [3.05, 3.63) is 23.2 Å². The van der Waals surface area contributed by atoms with Gasteiger partial charge < -0.3 is 57.8 Å². The Kier molecular flexibility index (Phi) is 24.7. The maximum absolute atomic E-state index is 5.93. The van der Waals surface area contributed by atoms with E-state index >= 15 is 0 Å². The van der Waals surface area contributed by atoms with E-state index < -0.39 is 0 Å². The van der Waals surface area contributed by atoms with Gasteiger partial charge in [-0.2, -0.15) is 0 Å². The number of hydrogen-bond acceptors (Lipinski definition) is 12. The fraction of sp³-hybridized carbons (Fsp3) is 0.769. The van der Waals surface area contributed by atoms with Crippen LogP contribution in [0.5, 0.6) is 5.75 Å². The second-order valence-corrected chi connectivity index (χ2v) is 8.27. The molecule has 0 amide bonds. The van der Waals surface area contributed by atoms with E-state index in [2.05, 4.69) is 0 Å². The van der Waals surface area contributed by atoms with E-state index in [9.17, 15) is 0 Å². The molecule has 0 bridgehead atoms. The third-order valence-corrected chi connectivity index (χ3v) is 4.99.